The lowest BCUT2D eigenvalue weighted by Gasteiger charge is -2.35. The summed E-state index contributed by atoms with van der Waals surface area (Å²) in [6.07, 6.45) is 5.11. The Labute approximate surface area is 135 Å². The molecule has 7 nitrogen and oxygen atoms in total. The summed E-state index contributed by atoms with van der Waals surface area (Å²) in [6.45, 7) is 5.53. The molecule has 1 aliphatic rings. The van der Waals surface area contributed by atoms with Gasteiger partial charge in [0.25, 0.3) is 0 Å². The first-order valence-electron chi connectivity index (χ1n) is 7.80. The van der Waals surface area contributed by atoms with Crippen molar-refractivity contribution in [2.24, 2.45) is 7.05 Å². The molecular weight excluding hydrogens is 292 g/mol. The Hall–Kier alpha value is -2.57. The van der Waals surface area contributed by atoms with Crippen molar-refractivity contribution in [1.82, 2.24) is 24.8 Å². The maximum atomic E-state index is 12.3. The first kappa shape index (κ1) is 15.3. The lowest BCUT2D eigenvalue weighted by Crippen LogP contribution is -2.52. The van der Waals surface area contributed by atoms with Crippen molar-refractivity contribution in [3.05, 3.63) is 42.1 Å². The molecule has 2 amide bonds. The lowest BCUT2D eigenvalue weighted by atomic mass is 10.3. The number of anilines is 1. The average molecular weight is 314 g/mol. The van der Waals surface area contributed by atoms with Gasteiger partial charge in [0.15, 0.2) is 0 Å². The van der Waals surface area contributed by atoms with Gasteiger partial charge in [-0.25, -0.2) is 9.78 Å². The van der Waals surface area contributed by atoms with E-state index in [1.165, 1.54) is 5.69 Å². The number of carbonyl (C=O) groups is 1. The summed E-state index contributed by atoms with van der Waals surface area (Å²) in [7, 11) is 2.01. The summed E-state index contributed by atoms with van der Waals surface area (Å²) in [6, 6.07) is 4.09. The monoisotopic (exact) mass is 314 g/mol. The summed E-state index contributed by atoms with van der Waals surface area (Å²) in [4.78, 5) is 24.7. The zero-order chi connectivity index (χ0) is 16.2. The molecule has 0 aliphatic carbocycles. The van der Waals surface area contributed by atoms with Crippen molar-refractivity contribution >= 4 is 11.8 Å². The second-order valence-corrected chi connectivity index (χ2v) is 5.72. The molecule has 3 rings (SSSR count). The van der Waals surface area contributed by atoms with Gasteiger partial charge in [0.1, 0.15) is 5.82 Å². The van der Waals surface area contributed by atoms with Crippen molar-refractivity contribution < 1.29 is 4.79 Å². The van der Waals surface area contributed by atoms with Crippen LogP contribution < -0.4 is 10.2 Å². The highest BCUT2D eigenvalue weighted by Gasteiger charge is 2.21. The van der Waals surface area contributed by atoms with E-state index in [9.17, 15) is 4.79 Å². The molecule has 1 saturated heterocycles. The van der Waals surface area contributed by atoms with Crippen molar-refractivity contribution in [2.75, 3.05) is 31.1 Å². The molecule has 23 heavy (non-hydrogen) atoms. The van der Waals surface area contributed by atoms with E-state index in [2.05, 4.69) is 37.7 Å². The highest BCUT2D eigenvalue weighted by Crippen LogP contribution is 2.11. The molecule has 1 N–H and O–H groups in total. The average Bonchev–Trinajstić information content (AvgIpc) is 2.92. The molecule has 1 fully saturated rings. The molecule has 1 aliphatic heterocycles. The molecule has 2 aromatic rings. The number of piperazine rings is 1. The molecule has 122 valence electrons. The van der Waals surface area contributed by atoms with Gasteiger partial charge in [-0.1, -0.05) is 0 Å². The first-order valence-corrected chi connectivity index (χ1v) is 7.80. The van der Waals surface area contributed by atoms with Crippen LogP contribution in [-0.4, -0.2) is 51.6 Å². The van der Waals surface area contributed by atoms with Crippen molar-refractivity contribution in [2.45, 2.75) is 13.5 Å². The third-order valence-electron chi connectivity index (χ3n) is 4.34. The fourth-order valence-corrected chi connectivity index (χ4v) is 2.72. The molecule has 0 unspecified atom stereocenters. The number of hydrogen-bond acceptors (Lipinski definition) is 4. The van der Waals surface area contributed by atoms with Crippen molar-refractivity contribution in [3.63, 3.8) is 0 Å². The summed E-state index contributed by atoms with van der Waals surface area (Å²) in [5.41, 5.74) is 2.29. The van der Waals surface area contributed by atoms with Crippen LogP contribution in [0.4, 0.5) is 10.6 Å². The van der Waals surface area contributed by atoms with E-state index in [1.807, 2.05) is 18.0 Å². The molecule has 3 heterocycles. The Morgan fingerprint density at radius 3 is 2.61 bits per heavy atom. The van der Waals surface area contributed by atoms with Crippen LogP contribution in [0.1, 0.15) is 11.4 Å². The van der Waals surface area contributed by atoms with Crippen LogP contribution in [0.15, 0.2) is 30.7 Å². The summed E-state index contributed by atoms with van der Waals surface area (Å²) in [5.74, 6) is 0.867. The minimum atomic E-state index is -0.0114. The minimum Gasteiger partial charge on any atom is -0.352 e. The maximum absolute atomic E-state index is 12.3. The fourth-order valence-electron chi connectivity index (χ4n) is 2.72. The Morgan fingerprint density at radius 2 is 2.00 bits per heavy atom. The van der Waals surface area contributed by atoms with E-state index in [4.69, 9.17) is 0 Å². The van der Waals surface area contributed by atoms with Gasteiger partial charge >= 0.3 is 6.03 Å². The number of amides is 2. The van der Waals surface area contributed by atoms with Gasteiger partial charge in [-0.2, -0.15) is 0 Å². The van der Waals surface area contributed by atoms with Gasteiger partial charge < -0.3 is 19.7 Å². The van der Waals surface area contributed by atoms with E-state index in [0.717, 1.165) is 24.6 Å². The molecule has 0 spiro atoms. The van der Waals surface area contributed by atoms with Gasteiger partial charge in [0.05, 0.1) is 12.7 Å². The largest absolute Gasteiger partial charge is 0.352 e. The maximum Gasteiger partial charge on any atom is 0.317 e. The van der Waals surface area contributed by atoms with E-state index in [-0.39, 0.29) is 6.03 Å². The van der Waals surface area contributed by atoms with Crippen LogP contribution >= 0.6 is 0 Å². The number of aryl methyl sites for hydroxylation is 1. The summed E-state index contributed by atoms with van der Waals surface area (Å²) >= 11 is 0. The Bertz CT molecular complexity index is 660. The standard InChI is InChI=1S/C16H22N6O/c1-13-3-4-14(20(13)2)11-19-16(23)22-9-7-21(8-10-22)15-12-17-5-6-18-15/h3-6,12H,7-11H2,1-2H3,(H,19,23). The smallest absolute Gasteiger partial charge is 0.317 e. The number of nitrogens with one attached hydrogen (secondary N) is 1. The molecule has 0 saturated carbocycles. The third-order valence-corrected chi connectivity index (χ3v) is 4.34. The van der Waals surface area contributed by atoms with Gasteiger partial charge in [0, 0.05) is 57.0 Å². The summed E-state index contributed by atoms with van der Waals surface area (Å²) < 4.78 is 2.09. The molecule has 0 atom stereocenters. The van der Waals surface area contributed by atoms with Gasteiger partial charge in [0.2, 0.25) is 0 Å². The number of rotatable bonds is 3. The van der Waals surface area contributed by atoms with Gasteiger partial charge in [-0.3, -0.25) is 4.98 Å². The highest BCUT2D eigenvalue weighted by atomic mass is 16.2. The molecule has 2 aromatic heterocycles. The van der Waals surface area contributed by atoms with Crippen molar-refractivity contribution in [1.29, 1.82) is 0 Å². The van der Waals surface area contributed by atoms with Gasteiger partial charge in [-0.15, -0.1) is 0 Å². The molecule has 7 heteroatoms. The molecule has 0 bridgehead atoms. The molecular formula is C16H22N6O. The number of carbonyl (C=O) groups excluding carboxylic acids is 1. The zero-order valence-electron chi connectivity index (χ0n) is 13.6. The number of urea groups is 1. The van der Waals surface area contributed by atoms with Crippen LogP contribution in [0.2, 0.25) is 0 Å². The SMILES string of the molecule is Cc1ccc(CNC(=O)N2CCN(c3cnccn3)CC2)n1C. The molecule has 0 radical (unpaired) electrons. The zero-order valence-corrected chi connectivity index (χ0v) is 13.6. The van der Waals surface area contributed by atoms with E-state index in [1.54, 1.807) is 18.6 Å². The third kappa shape index (κ3) is 3.44. The Kier molecular flexibility index (Phi) is 4.45. The van der Waals surface area contributed by atoms with Crippen LogP contribution in [0.5, 0.6) is 0 Å². The van der Waals surface area contributed by atoms with E-state index in [0.29, 0.717) is 19.6 Å². The van der Waals surface area contributed by atoms with Crippen molar-refractivity contribution in [3.8, 4) is 0 Å². The number of hydrogen-bond donors (Lipinski definition) is 1. The van der Waals surface area contributed by atoms with E-state index < -0.39 is 0 Å². The first-order chi connectivity index (χ1) is 11.1. The predicted octanol–water partition coefficient (Wildman–Crippen LogP) is 1.16. The lowest BCUT2D eigenvalue weighted by molar-refractivity contribution is 0.193. The molecule has 0 aromatic carbocycles. The quantitative estimate of drug-likeness (QED) is 0.923. The predicted molar refractivity (Wildman–Crippen MR) is 88.2 cm³/mol. The van der Waals surface area contributed by atoms with Crippen LogP contribution in [0.25, 0.3) is 0 Å². The highest BCUT2D eigenvalue weighted by molar-refractivity contribution is 5.74. The second kappa shape index (κ2) is 6.68. The summed E-state index contributed by atoms with van der Waals surface area (Å²) in [5, 5.41) is 3.00. The van der Waals surface area contributed by atoms with Crippen LogP contribution in [-0.2, 0) is 13.6 Å². The normalized spacial score (nSPS) is 14.9. The Balaban J connectivity index is 1.49. The van der Waals surface area contributed by atoms with Crippen LogP contribution in [0.3, 0.4) is 0 Å². The number of aromatic nitrogens is 3. The fraction of sp³-hybridized carbons (Fsp3) is 0.438. The Morgan fingerprint density at radius 1 is 1.22 bits per heavy atom. The second-order valence-electron chi connectivity index (χ2n) is 5.72. The topological polar surface area (TPSA) is 66.3 Å². The van der Waals surface area contributed by atoms with E-state index >= 15 is 0 Å². The minimum absolute atomic E-state index is 0.0114. The number of nitrogens with zero attached hydrogens (tertiary/aromatic N) is 5. The van der Waals surface area contributed by atoms with Crippen LogP contribution in [0, 0.1) is 6.92 Å². The van der Waals surface area contributed by atoms with Gasteiger partial charge in [-0.05, 0) is 19.1 Å².